The number of unbranched alkanes of at least 4 members (excludes halogenated alkanes) is 1. The molecule has 2 heterocycles. The molecule has 186 valence electrons. The van der Waals surface area contributed by atoms with Crippen LogP contribution in [0.25, 0.3) is 0 Å². The first-order chi connectivity index (χ1) is 17.0. The van der Waals surface area contributed by atoms with Gasteiger partial charge in [0.25, 0.3) is 5.56 Å². The number of aromatic nitrogens is 2. The number of nitrogens with zero attached hydrogens (tertiary/aromatic N) is 3. The van der Waals surface area contributed by atoms with Crippen LogP contribution < -0.4 is 16.6 Å². The summed E-state index contributed by atoms with van der Waals surface area (Å²) >= 11 is 0. The number of benzene rings is 2. The van der Waals surface area contributed by atoms with E-state index in [-0.39, 0.29) is 11.2 Å². The summed E-state index contributed by atoms with van der Waals surface area (Å²) in [5, 5.41) is 3.16. The molecule has 0 saturated carbocycles. The largest absolute Gasteiger partial charge is 0.342 e. The minimum Gasteiger partial charge on any atom is -0.342 e. The molecule has 0 bridgehead atoms. The van der Waals surface area contributed by atoms with E-state index < -0.39 is 0 Å². The molecule has 0 spiro atoms. The van der Waals surface area contributed by atoms with Crippen molar-refractivity contribution in [2.24, 2.45) is 0 Å². The fourth-order valence-electron chi connectivity index (χ4n) is 4.70. The number of hydrogen-bond acceptors (Lipinski definition) is 5. The minimum atomic E-state index is -0.364. The smallest absolute Gasteiger partial charge is 0.329 e. The Morgan fingerprint density at radius 3 is 2.31 bits per heavy atom. The topological polar surface area (TPSA) is 73.4 Å². The summed E-state index contributed by atoms with van der Waals surface area (Å²) in [5.74, 6) is 0.426. The van der Waals surface area contributed by atoms with E-state index in [2.05, 4.69) is 70.3 Å². The summed E-state index contributed by atoms with van der Waals surface area (Å²) < 4.78 is 1.30. The molecule has 1 saturated heterocycles. The number of H-pyrrole nitrogens is 1. The predicted molar refractivity (Wildman–Crippen MR) is 143 cm³/mol. The maximum absolute atomic E-state index is 12.6. The van der Waals surface area contributed by atoms with Gasteiger partial charge >= 0.3 is 5.69 Å². The fourth-order valence-corrected chi connectivity index (χ4v) is 4.70. The van der Waals surface area contributed by atoms with Gasteiger partial charge in [-0.1, -0.05) is 43.3 Å². The van der Waals surface area contributed by atoms with Crippen LogP contribution in [0.3, 0.4) is 0 Å². The van der Waals surface area contributed by atoms with E-state index >= 15 is 0 Å². The summed E-state index contributed by atoms with van der Waals surface area (Å²) in [6.45, 7) is 10.9. The summed E-state index contributed by atoms with van der Waals surface area (Å²) in [7, 11) is 0. The third kappa shape index (κ3) is 6.93. The molecule has 1 aromatic heterocycles. The quantitative estimate of drug-likeness (QED) is 0.437. The Kier molecular flexibility index (Phi) is 8.55. The van der Waals surface area contributed by atoms with Gasteiger partial charge in [0.05, 0.1) is 0 Å². The molecule has 35 heavy (non-hydrogen) atoms. The standard InChI is InChI=1S/C28H37N5O2/c1-3-24-19-25(12-11-22(24)2)29-26-20-27(34)33(28(35)30-26)14-8-7-13-31-15-17-32(18-16-31)21-23-9-5-4-6-10-23/h4-6,9-12,19-20,29H,3,7-8,13-18,21H2,1-2H3,(H,30,35). The first-order valence-electron chi connectivity index (χ1n) is 12.7. The molecule has 1 aliphatic heterocycles. The van der Waals surface area contributed by atoms with Crippen molar-refractivity contribution in [3.63, 3.8) is 0 Å². The van der Waals surface area contributed by atoms with Gasteiger partial charge in [0.15, 0.2) is 0 Å². The summed E-state index contributed by atoms with van der Waals surface area (Å²) in [5.41, 5.74) is 4.07. The molecule has 4 rings (SSSR count). The first-order valence-corrected chi connectivity index (χ1v) is 12.7. The van der Waals surface area contributed by atoms with Crippen molar-refractivity contribution in [3.05, 3.63) is 92.1 Å². The van der Waals surface area contributed by atoms with Crippen LogP contribution in [0.2, 0.25) is 0 Å². The van der Waals surface area contributed by atoms with Crippen LogP contribution in [0.4, 0.5) is 11.5 Å². The molecular weight excluding hydrogens is 438 g/mol. The first kappa shape index (κ1) is 24.9. The van der Waals surface area contributed by atoms with E-state index in [1.54, 1.807) is 0 Å². The molecule has 0 radical (unpaired) electrons. The van der Waals surface area contributed by atoms with Gasteiger partial charge < -0.3 is 10.2 Å². The van der Waals surface area contributed by atoms with Crippen LogP contribution in [-0.2, 0) is 19.5 Å². The Hall–Kier alpha value is -3.16. The van der Waals surface area contributed by atoms with Crippen LogP contribution in [-0.4, -0.2) is 52.1 Å². The Balaban J connectivity index is 1.22. The second-order valence-electron chi connectivity index (χ2n) is 9.41. The van der Waals surface area contributed by atoms with E-state index in [0.29, 0.717) is 12.4 Å². The van der Waals surface area contributed by atoms with Gasteiger partial charge in [0, 0.05) is 51.0 Å². The molecular formula is C28H37N5O2. The van der Waals surface area contributed by atoms with Crippen LogP contribution >= 0.6 is 0 Å². The number of rotatable bonds is 10. The van der Waals surface area contributed by atoms with Crippen molar-refractivity contribution < 1.29 is 0 Å². The molecule has 0 amide bonds. The Morgan fingerprint density at radius 2 is 1.60 bits per heavy atom. The Bertz CT molecular complexity index is 1180. The monoisotopic (exact) mass is 475 g/mol. The third-order valence-corrected chi connectivity index (χ3v) is 6.85. The van der Waals surface area contributed by atoms with Crippen molar-refractivity contribution in [3.8, 4) is 0 Å². The Morgan fingerprint density at radius 1 is 0.886 bits per heavy atom. The normalized spacial score (nSPS) is 14.8. The highest BCUT2D eigenvalue weighted by Gasteiger charge is 2.16. The van der Waals surface area contributed by atoms with E-state index in [1.807, 2.05) is 12.1 Å². The molecule has 0 atom stereocenters. The lowest BCUT2D eigenvalue weighted by Gasteiger charge is -2.34. The lowest BCUT2D eigenvalue weighted by Crippen LogP contribution is -2.46. The lowest BCUT2D eigenvalue weighted by molar-refractivity contribution is 0.125. The van der Waals surface area contributed by atoms with Gasteiger partial charge in [-0.2, -0.15) is 0 Å². The van der Waals surface area contributed by atoms with Gasteiger partial charge in [0.2, 0.25) is 0 Å². The summed E-state index contributed by atoms with van der Waals surface area (Å²) in [6.07, 6.45) is 2.70. The molecule has 2 N–H and O–H groups in total. The molecule has 0 unspecified atom stereocenters. The summed E-state index contributed by atoms with van der Waals surface area (Å²) in [6, 6.07) is 18.1. The van der Waals surface area contributed by atoms with Gasteiger partial charge in [-0.05, 0) is 61.6 Å². The minimum absolute atomic E-state index is 0.270. The average Bonchev–Trinajstić information content (AvgIpc) is 2.86. The van der Waals surface area contributed by atoms with E-state index in [0.717, 1.165) is 64.2 Å². The SMILES string of the molecule is CCc1cc(Nc2cc(=O)n(CCCCN3CCN(Cc4ccccc4)CC3)c(=O)[nH]2)ccc1C. The van der Waals surface area contributed by atoms with Crippen molar-refractivity contribution in [2.75, 3.05) is 38.0 Å². The van der Waals surface area contributed by atoms with Crippen molar-refractivity contribution in [1.82, 2.24) is 19.4 Å². The third-order valence-electron chi connectivity index (χ3n) is 6.85. The maximum Gasteiger partial charge on any atom is 0.329 e. The lowest BCUT2D eigenvalue weighted by atomic mass is 10.1. The second kappa shape index (κ2) is 12.0. The molecule has 0 aliphatic carbocycles. The van der Waals surface area contributed by atoms with Crippen molar-refractivity contribution >= 4 is 11.5 Å². The van der Waals surface area contributed by atoms with E-state index in [4.69, 9.17) is 0 Å². The molecule has 1 aliphatic rings. The highest BCUT2D eigenvalue weighted by Crippen LogP contribution is 2.18. The summed E-state index contributed by atoms with van der Waals surface area (Å²) in [4.78, 5) is 33.0. The molecule has 1 fully saturated rings. The van der Waals surface area contributed by atoms with Crippen LogP contribution in [0.15, 0.2) is 64.2 Å². The molecule has 2 aromatic carbocycles. The van der Waals surface area contributed by atoms with E-state index in [9.17, 15) is 9.59 Å². The molecule has 7 nitrogen and oxygen atoms in total. The second-order valence-corrected chi connectivity index (χ2v) is 9.41. The zero-order valence-corrected chi connectivity index (χ0v) is 20.9. The fraction of sp³-hybridized carbons (Fsp3) is 0.429. The highest BCUT2D eigenvalue weighted by atomic mass is 16.2. The van der Waals surface area contributed by atoms with Crippen molar-refractivity contribution in [1.29, 1.82) is 0 Å². The number of aryl methyl sites for hydroxylation is 2. The number of piperazine rings is 1. The van der Waals surface area contributed by atoms with Gasteiger partial charge in [-0.3, -0.25) is 19.2 Å². The number of aromatic amines is 1. The van der Waals surface area contributed by atoms with Crippen LogP contribution in [0, 0.1) is 6.92 Å². The Labute approximate surface area is 207 Å². The predicted octanol–water partition coefficient (Wildman–Crippen LogP) is 3.75. The average molecular weight is 476 g/mol. The number of anilines is 2. The van der Waals surface area contributed by atoms with Gasteiger partial charge in [0.1, 0.15) is 5.82 Å². The number of hydrogen-bond donors (Lipinski definition) is 2. The van der Waals surface area contributed by atoms with Gasteiger partial charge in [-0.25, -0.2) is 4.79 Å². The van der Waals surface area contributed by atoms with E-state index in [1.165, 1.54) is 27.3 Å². The highest BCUT2D eigenvalue weighted by molar-refractivity contribution is 5.57. The zero-order valence-electron chi connectivity index (χ0n) is 20.9. The zero-order chi connectivity index (χ0) is 24.6. The number of nitrogens with one attached hydrogen (secondary N) is 2. The van der Waals surface area contributed by atoms with Crippen molar-refractivity contribution in [2.45, 2.75) is 46.2 Å². The molecule has 3 aromatic rings. The molecule has 7 heteroatoms. The maximum atomic E-state index is 12.6. The van der Waals surface area contributed by atoms with Crippen LogP contribution in [0.5, 0.6) is 0 Å². The van der Waals surface area contributed by atoms with Gasteiger partial charge in [-0.15, -0.1) is 0 Å². The van der Waals surface area contributed by atoms with Crippen LogP contribution in [0.1, 0.15) is 36.5 Å².